The van der Waals surface area contributed by atoms with E-state index in [2.05, 4.69) is 17.3 Å². The summed E-state index contributed by atoms with van der Waals surface area (Å²) in [6.45, 7) is 1.84. The van der Waals surface area contributed by atoms with Gasteiger partial charge in [-0.15, -0.1) is 11.3 Å². The molecule has 4 nitrogen and oxygen atoms in total. The van der Waals surface area contributed by atoms with Crippen LogP contribution in [0.4, 0.5) is 4.39 Å². The number of carbonyl (C=O) groups is 1. The van der Waals surface area contributed by atoms with E-state index in [9.17, 15) is 9.18 Å². The van der Waals surface area contributed by atoms with Crippen LogP contribution in [0.1, 0.15) is 53.8 Å². The van der Waals surface area contributed by atoms with Crippen molar-refractivity contribution in [1.82, 2.24) is 10.2 Å². The first-order valence-corrected chi connectivity index (χ1v) is 10.6. The molecule has 1 aromatic carbocycles. The summed E-state index contributed by atoms with van der Waals surface area (Å²) in [5.41, 5.74) is 0.646. The summed E-state index contributed by atoms with van der Waals surface area (Å²) in [6, 6.07) is 5.64. The fraction of sp³-hybridized carbons (Fsp3) is 0.571. The minimum Gasteiger partial charge on any atom is -0.380 e. The minimum absolute atomic E-state index is 0.136. The standard InChI is InChI=1S/C21H29FN2O2S/c1-24(15-8-4-3-5-9-15)13-7-12-23-21(25)20-16(14-26-2)19-17(22)10-6-11-18(19)27-20/h6,10-11,15H,3-5,7-9,12-14H2,1-2H3,(H,23,25). The summed E-state index contributed by atoms with van der Waals surface area (Å²) in [7, 11) is 3.75. The molecule has 0 saturated heterocycles. The van der Waals surface area contributed by atoms with E-state index in [0.29, 0.717) is 28.4 Å². The largest absolute Gasteiger partial charge is 0.380 e. The predicted molar refractivity (Wildman–Crippen MR) is 109 cm³/mol. The number of nitrogens with one attached hydrogen (secondary N) is 1. The molecule has 1 fully saturated rings. The molecular formula is C21H29FN2O2S. The highest BCUT2D eigenvalue weighted by atomic mass is 32.1. The topological polar surface area (TPSA) is 41.6 Å². The highest BCUT2D eigenvalue weighted by molar-refractivity contribution is 7.21. The molecule has 1 saturated carbocycles. The van der Waals surface area contributed by atoms with E-state index < -0.39 is 0 Å². The summed E-state index contributed by atoms with van der Waals surface area (Å²) in [5.74, 6) is -0.438. The third kappa shape index (κ3) is 4.86. The maximum Gasteiger partial charge on any atom is 0.261 e. The van der Waals surface area contributed by atoms with Gasteiger partial charge in [-0.25, -0.2) is 4.39 Å². The third-order valence-electron chi connectivity index (χ3n) is 5.43. The first-order valence-electron chi connectivity index (χ1n) is 9.79. The number of thiophene rings is 1. The molecule has 1 heterocycles. The normalized spacial score (nSPS) is 15.6. The molecule has 2 aromatic rings. The molecule has 0 spiro atoms. The number of ether oxygens (including phenoxy) is 1. The minimum atomic E-state index is -0.302. The number of nitrogens with zero attached hydrogens (tertiary/aromatic N) is 1. The molecule has 0 aliphatic heterocycles. The molecule has 0 bridgehead atoms. The van der Waals surface area contributed by atoms with E-state index in [4.69, 9.17) is 4.74 Å². The number of benzene rings is 1. The van der Waals surface area contributed by atoms with Crippen molar-refractivity contribution >= 4 is 27.3 Å². The Morgan fingerprint density at radius 3 is 2.85 bits per heavy atom. The van der Waals surface area contributed by atoms with Crippen LogP contribution in [0.15, 0.2) is 18.2 Å². The Hall–Kier alpha value is -1.50. The molecule has 0 unspecified atom stereocenters. The van der Waals surface area contributed by atoms with Crippen LogP contribution in [-0.4, -0.2) is 44.1 Å². The first-order chi connectivity index (χ1) is 13.1. The Kier molecular flexibility index (Phi) is 7.21. The maximum absolute atomic E-state index is 14.2. The fourth-order valence-corrected chi connectivity index (χ4v) is 5.09. The van der Waals surface area contributed by atoms with Gasteiger partial charge in [-0.3, -0.25) is 4.79 Å². The number of amides is 1. The van der Waals surface area contributed by atoms with Gasteiger partial charge in [-0.2, -0.15) is 0 Å². The predicted octanol–water partition coefficient (Wildman–Crippen LogP) is 4.57. The van der Waals surface area contributed by atoms with E-state index in [1.165, 1.54) is 49.5 Å². The third-order valence-corrected chi connectivity index (χ3v) is 6.63. The van der Waals surface area contributed by atoms with Crippen LogP contribution in [0.3, 0.4) is 0 Å². The molecule has 1 amide bonds. The zero-order valence-corrected chi connectivity index (χ0v) is 17.0. The molecule has 0 radical (unpaired) electrons. The molecule has 1 aliphatic carbocycles. The van der Waals surface area contributed by atoms with Crippen molar-refractivity contribution in [2.24, 2.45) is 0 Å². The molecule has 3 rings (SSSR count). The lowest BCUT2D eigenvalue weighted by molar-refractivity contribution is 0.0950. The van der Waals surface area contributed by atoms with Gasteiger partial charge < -0.3 is 15.0 Å². The first kappa shape index (κ1) is 20.2. The van der Waals surface area contributed by atoms with Crippen LogP contribution in [0.2, 0.25) is 0 Å². The lowest BCUT2D eigenvalue weighted by Crippen LogP contribution is -2.35. The number of rotatable bonds is 8. The van der Waals surface area contributed by atoms with Crippen LogP contribution in [-0.2, 0) is 11.3 Å². The van der Waals surface area contributed by atoms with Gasteiger partial charge in [0.1, 0.15) is 5.82 Å². The highest BCUT2D eigenvalue weighted by Crippen LogP contribution is 2.33. The lowest BCUT2D eigenvalue weighted by Gasteiger charge is -2.31. The van der Waals surface area contributed by atoms with Crippen molar-refractivity contribution in [2.45, 2.75) is 51.2 Å². The van der Waals surface area contributed by atoms with Gasteiger partial charge in [-0.05, 0) is 45.0 Å². The van der Waals surface area contributed by atoms with E-state index in [1.54, 1.807) is 13.2 Å². The Morgan fingerprint density at radius 1 is 1.33 bits per heavy atom. The number of hydrogen-bond donors (Lipinski definition) is 1. The zero-order chi connectivity index (χ0) is 19.2. The van der Waals surface area contributed by atoms with Crippen LogP contribution in [0.5, 0.6) is 0 Å². The van der Waals surface area contributed by atoms with Crippen LogP contribution < -0.4 is 5.32 Å². The maximum atomic E-state index is 14.2. The SMILES string of the molecule is COCc1c(C(=O)NCCCN(C)C2CCCCC2)sc2cccc(F)c12. The second-order valence-electron chi connectivity index (χ2n) is 7.34. The quantitative estimate of drug-likeness (QED) is 0.669. The summed E-state index contributed by atoms with van der Waals surface area (Å²) in [4.78, 5) is 15.7. The number of hydrogen-bond acceptors (Lipinski definition) is 4. The van der Waals surface area contributed by atoms with Crippen molar-refractivity contribution in [2.75, 3.05) is 27.2 Å². The van der Waals surface area contributed by atoms with E-state index in [0.717, 1.165) is 17.7 Å². The molecule has 148 valence electrons. The monoisotopic (exact) mass is 392 g/mol. The molecule has 0 atom stereocenters. The van der Waals surface area contributed by atoms with Gasteiger partial charge in [0.2, 0.25) is 0 Å². The smallest absolute Gasteiger partial charge is 0.261 e. The fourth-order valence-electron chi connectivity index (χ4n) is 3.95. The van der Waals surface area contributed by atoms with E-state index in [1.807, 2.05) is 6.07 Å². The highest BCUT2D eigenvalue weighted by Gasteiger charge is 2.21. The van der Waals surface area contributed by atoms with Crippen molar-refractivity contribution in [3.8, 4) is 0 Å². The van der Waals surface area contributed by atoms with Gasteiger partial charge in [-0.1, -0.05) is 25.3 Å². The van der Waals surface area contributed by atoms with Crippen LogP contribution in [0, 0.1) is 5.82 Å². The average molecular weight is 393 g/mol. The second kappa shape index (κ2) is 9.62. The van der Waals surface area contributed by atoms with Crippen molar-refractivity contribution in [3.63, 3.8) is 0 Å². The van der Waals surface area contributed by atoms with Gasteiger partial charge in [0, 0.05) is 35.3 Å². The summed E-state index contributed by atoms with van der Waals surface area (Å²) >= 11 is 1.33. The molecule has 1 aliphatic rings. The van der Waals surface area contributed by atoms with Gasteiger partial charge >= 0.3 is 0 Å². The summed E-state index contributed by atoms with van der Waals surface area (Å²) in [6.07, 6.45) is 7.51. The number of fused-ring (bicyclic) bond motifs is 1. The van der Waals surface area contributed by atoms with Gasteiger partial charge in [0.15, 0.2) is 0 Å². The Labute approximate surface area is 164 Å². The van der Waals surface area contributed by atoms with Crippen molar-refractivity contribution < 1.29 is 13.9 Å². The average Bonchev–Trinajstić information content (AvgIpc) is 3.06. The van der Waals surface area contributed by atoms with Gasteiger partial charge in [0.25, 0.3) is 5.91 Å². The van der Waals surface area contributed by atoms with E-state index >= 15 is 0 Å². The van der Waals surface area contributed by atoms with E-state index in [-0.39, 0.29) is 18.3 Å². The Balaban J connectivity index is 1.58. The number of halogens is 1. The number of carbonyl (C=O) groups excluding carboxylic acids is 1. The molecule has 1 N–H and O–H groups in total. The second-order valence-corrected chi connectivity index (χ2v) is 8.39. The molecule has 1 aromatic heterocycles. The zero-order valence-electron chi connectivity index (χ0n) is 16.2. The summed E-state index contributed by atoms with van der Waals surface area (Å²) < 4.78 is 20.2. The Morgan fingerprint density at radius 2 is 2.11 bits per heavy atom. The number of methoxy groups -OCH3 is 1. The van der Waals surface area contributed by atoms with Crippen LogP contribution >= 0.6 is 11.3 Å². The molecule has 27 heavy (non-hydrogen) atoms. The lowest BCUT2D eigenvalue weighted by atomic mass is 9.94. The van der Waals surface area contributed by atoms with Crippen molar-refractivity contribution in [1.29, 1.82) is 0 Å². The molecular weight excluding hydrogens is 363 g/mol. The van der Waals surface area contributed by atoms with Crippen LogP contribution in [0.25, 0.3) is 10.1 Å². The van der Waals surface area contributed by atoms with Gasteiger partial charge in [0.05, 0.1) is 11.5 Å². The Bertz CT molecular complexity index is 771. The summed E-state index contributed by atoms with van der Waals surface area (Å²) in [5, 5.41) is 3.51. The van der Waals surface area contributed by atoms with Crippen molar-refractivity contribution in [3.05, 3.63) is 34.5 Å². The molecule has 6 heteroatoms.